The van der Waals surface area contributed by atoms with Crippen molar-refractivity contribution in [2.45, 2.75) is 17.6 Å². The van der Waals surface area contributed by atoms with Gasteiger partial charge in [0.05, 0.1) is 0 Å². The van der Waals surface area contributed by atoms with E-state index < -0.39 is 0 Å². The van der Waals surface area contributed by atoms with Crippen molar-refractivity contribution >= 4 is 29.3 Å². The van der Waals surface area contributed by atoms with Crippen LogP contribution in [0.15, 0.2) is 11.2 Å². The Balaban J connectivity index is 2.16. The Labute approximate surface area is 111 Å². The largest absolute Gasteiger partial charge is 0.373 e. The molecule has 6 nitrogen and oxygen atoms in total. The summed E-state index contributed by atoms with van der Waals surface area (Å²) in [5.74, 6) is 1.55. The van der Waals surface area contributed by atoms with Crippen LogP contribution in [0.3, 0.4) is 0 Å². The Morgan fingerprint density at radius 2 is 2.17 bits per heavy atom. The summed E-state index contributed by atoms with van der Waals surface area (Å²) in [4.78, 5) is 22.2. The zero-order valence-corrected chi connectivity index (χ0v) is 11.5. The molecule has 1 aliphatic rings. The fourth-order valence-electron chi connectivity index (χ4n) is 1.85. The number of likely N-dealkylation sites (N-methyl/N-ethyl adjacent to an activating group) is 1. The topological polar surface area (TPSA) is 70.2 Å². The van der Waals surface area contributed by atoms with Crippen molar-refractivity contribution in [2.75, 3.05) is 37.5 Å². The van der Waals surface area contributed by atoms with Crippen LogP contribution in [0.4, 0.5) is 11.6 Å². The number of aromatic nitrogens is 2. The summed E-state index contributed by atoms with van der Waals surface area (Å²) in [6, 6.07) is 1.63. The molecule has 0 aliphatic carbocycles. The fraction of sp³-hybridized carbons (Fsp3) is 0.545. The van der Waals surface area contributed by atoms with Crippen LogP contribution in [-0.2, 0) is 4.79 Å². The van der Waals surface area contributed by atoms with Gasteiger partial charge in [-0.25, -0.2) is 9.97 Å². The third kappa shape index (κ3) is 2.66. The van der Waals surface area contributed by atoms with E-state index >= 15 is 0 Å². The van der Waals surface area contributed by atoms with E-state index in [2.05, 4.69) is 20.6 Å². The molecular weight excluding hydrogens is 250 g/mol. The summed E-state index contributed by atoms with van der Waals surface area (Å²) in [6.45, 7) is 0.788. The fourth-order valence-corrected chi connectivity index (χ4v) is 2.23. The minimum atomic E-state index is -0.177. The van der Waals surface area contributed by atoms with E-state index in [-0.39, 0.29) is 11.9 Å². The summed E-state index contributed by atoms with van der Waals surface area (Å²) in [6.07, 6.45) is 2.73. The Hall–Kier alpha value is -1.50. The third-order valence-electron chi connectivity index (χ3n) is 2.89. The molecule has 0 radical (unpaired) electrons. The average Bonchev–Trinajstić information content (AvgIpc) is 2.70. The number of nitrogens with zero attached hydrogens (tertiary/aromatic N) is 3. The predicted octanol–water partition coefficient (Wildman–Crippen LogP) is 0.883. The average molecular weight is 267 g/mol. The van der Waals surface area contributed by atoms with Gasteiger partial charge in [0.15, 0.2) is 5.16 Å². The van der Waals surface area contributed by atoms with E-state index in [1.165, 1.54) is 11.8 Å². The molecule has 2 heterocycles. The van der Waals surface area contributed by atoms with E-state index in [0.29, 0.717) is 11.0 Å². The highest BCUT2D eigenvalue weighted by molar-refractivity contribution is 7.98. The number of nitrogens with one attached hydrogen (secondary N) is 2. The molecule has 0 bridgehead atoms. The molecule has 1 fully saturated rings. The van der Waals surface area contributed by atoms with Gasteiger partial charge in [-0.3, -0.25) is 4.79 Å². The molecule has 0 spiro atoms. The molecule has 98 valence electrons. The molecule has 1 saturated heterocycles. The van der Waals surface area contributed by atoms with E-state index in [9.17, 15) is 4.79 Å². The SMILES string of the molecule is CNc1cc(NC2CCN(C)C2=O)nc(SC)n1. The minimum absolute atomic E-state index is 0.116. The van der Waals surface area contributed by atoms with Gasteiger partial charge in [-0.05, 0) is 12.7 Å². The lowest BCUT2D eigenvalue weighted by Gasteiger charge is -2.14. The first-order valence-corrected chi connectivity index (χ1v) is 6.99. The summed E-state index contributed by atoms with van der Waals surface area (Å²) < 4.78 is 0. The normalized spacial score (nSPS) is 19.2. The van der Waals surface area contributed by atoms with Gasteiger partial charge < -0.3 is 15.5 Å². The molecular formula is C11H17N5OS. The first kappa shape index (κ1) is 12.9. The van der Waals surface area contributed by atoms with Crippen LogP contribution in [0.1, 0.15) is 6.42 Å². The van der Waals surface area contributed by atoms with Gasteiger partial charge >= 0.3 is 0 Å². The Morgan fingerprint density at radius 1 is 1.44 bits per heavy atom. The van der Waals surface area contributed by atoms with E-state index in [4.69, 9.17) is 0 Å². The standard InChI is InChI=1S/C11H17N5OS/c1-12-8-6-9(15-11(14-8)18-3)13-7-4-5-16(2)10(7)17/h6-7H,4-5H2,1-3H3,(H2,12,13,14,15). The van der Waals surface area contributed by atoms with Gasteiger partial charge in [-0.2, -0.15) is 0 Å². The van der Waals surface area contributed by atoms with E-state index in [0.717, 1.165) is 18.8 Å². The molecule has 0 saturated carbocycles. The second kappa shape index (κ2) is 5.43. The van der Waals surface area contributed by atoms with Gasteiger partial charge in [0, 0.05) is 26.7 Å². The van der Waals surface area contributed by atoms with Crippen molar-refractivity contribution in [3.8, 4) is 0 Å². The van der Waals surface area contributed by atoms with Crippen molar-refractivity contribution < 1.29 is 4.79 Å². The molecule has 7 heteroatoms. The van der Waals surface area contributed by atoms with Crippen molar-refractivity contribution in [2.24, 2.45) is 0 Å². The molecule has 1 atom stereocenters. The molecule has 1 aromatic rings. The summed E-state index contributed by atoms with van der Waals surface area (Å²) in [5, 5.41) is 6.85. The number of amides is 1. The van der Waals surface area contributed by atoms with Crippen molar-refractivity contribution in [1.82, 2.24) is 14.9 Å². The number of thioether (sulfide) groups is 1. The number of rotatable bonds is 4. The molecule has 2 rings (SSSR count). The van der Waals surface area contributed by atoms with E-state index in [1.807, 2.05) is 26.4 Å². The van der Waals surface area contributed by atoms with Crippen LogP contribution in [0.2, 0.25) is 0 Å². The zero-order valence-electron chi connectivity index (χ0n) is 10.7. The predicted molar refractivity (Wildman–Crippen MR) is 73.0 cm³/mol. The second-order valence-corrected chi connectivity index (χ2v) is 4.89. The maximum atomic E-state index is 11.8. The Bertz CT molecular complexity index is 431. The van der Waals surface area contributed by atoms with Crippen molar-refractivity contribution in [3.05, 3.63) is 6.07 Å². The maximum absolute atomic E-state index is 11.8. The lowest BCUT2D eigenvalue weighted by molar-refractivity contribution is -0.127. The third-order valence-corrected chi connectivity index (χ3v) is 3.44. The number of carbonyl (C=O) groups is 1. The quantitative estimate of drug-likeness (QED) is 0.623. The summed E-state index contributed by atoms with van der Waals surface area (Å²) in [7, 11) is 3.63. The Kier molecular flexibility index (Phi) is 3.90. The van der Waals surface area contributed by atoms with Crippen LogP contribution in [0, 0.1) is 0 Å². The highest BCUT2D eigenvalue weighted by Crippen LogP contribution is 2.20. The van der Waals surface area contributed by atoms with Crippen LogP contribution in [0.5, 0.6) is 0 Å². The first-order chi connectivity index (χ1) is 8.63. The van der Waals surface area contributed by atoms with Crippen LogP contribution in [0.25, 0.3) is 0 Å². The summed E-state index contributed by atoms with van der Waals surface area (Å²) in [5.41, 5.74) is 0. The molecule has 18 heavy (non-hydrogen) atoms. The zero-order chi connectivity index (χ0) is 13.1. The maximum Gasteiger partial charge on any atom is 0.244 e. The van der Waals surface area contributed by atoms with Gasteiger partial charge in [-0.15, -0.1) is 0 Å². The van der Waals surface area contributed by atoms with Crippen molar-refractivity contribution in [1.29, 1.82) is 0 Å². The van der Waals surface area contributed by atoms with Crippen molar-refractivity contribution in [3.63, 3.8) is 0 Å². The lowest BCUT2D eigenvalue weighted by Crippen LogP contribution is -2.31. The Morgan fingerprint density at radius 3 is 2.72 bits per heavy atom. The molecule has 2 N–H and O–H groups in total. The van der Waals surface area contributed by atoms with E-state index in [1.54, 1.807) is 4.90 Å². The number of anilines is 2. The highest BCUT2D eigenvalue weighted by atomic mass is 32.2. The molecule has 1 amide bonds. The minimum Gasteiger partial charge on any atom is -0.373 e. The number of likely N-dealkylation sites (tertiary alicyclic amines) is 1. The number of hydrogen-bond acceptors (Lipinski definition) is 6. The van der Waals surface area contributed by atoms with Crippen LogP contribution >= 0.6 is 11.8 Å². The van der Waals surface area contributed by atoms with Gasteiger partial charge in [0.25, 0.3) is 0 Å². The number of carbonyl (C=O) groups excluding carboxylic acids is 1. The smallest absolute Gasteiger partial charge is 0.244 e. The second-order valence-electron chi connectivity index (χ2n) is 4.12. The molecule has 0 aromatic carbocycles. The monoisotopic (exact) mass is 267 g/mol. The van der Waals surface area contributed by atoms with Gasteiger partial charge in [-0.1, -0.05) is 11.8 Å². The van der Waals surface area contributed by atoms with Crippen LogP contribution < -0.4 is 10.6 Å². The highest BCUT2D eigenvalue weighted by Gasteiger charge is 2.29. The van der Waals surface area contributed by atoms with Crippen LogP contribution in [-0.4, -0.2) is 53.7 Å². The first-order valence-electron chi connectivity index (χ1n) is 5.76. The number of hydrogen-bond donors (Lipinski definition) is 2. The molecule has 1 aromatic heterocycles. The van der Waals surface area contributed by atoms with Gasteiger partial charge in [0.2, 0.25) is 5.91 Å². The molecule has 1 unspecified atom stereocenters. The molecule has 1 aliphatic heterocycles. The summed E-state index contributed by atoms with van der Waals surface area (Å²) >= 11 is 1.47. The lowest BCUT2D eigenvalue weighted by atomic mass is 10.2. The van der Waals surface area contributed by atoms with Gasteiger partial charge in [0.1, 0.15) is 17.7 Å².